The molecule has 88 valence electrons. The lowest BCUT2D eigenvalue weighted by Crippen LogP contribution is -2.45. The van der Waals surface area contributed by atoms with Gasteiger partial charge in [-0.15, -0.1) is 0 Å². The van der Waals surface area contributed by atoms with Crippen LogP contribution in [0, 0.1) is 0 Å². The molecule has 1 aliphatic heterocycles. The maximum atomic E-state index is 11.4. The average Bonchev–Trinajstić information content (AvgIpc) is 2.42. The second kappa shape index (κ2) is 4.71. The van der Waals surface area contributed by atoms with E-state index in [2.05, 4.69) is 5.32 Å². The molecule has 1 fully saturated rings. The molecule has 1 atom stereocenters. The third-order valence-corrected chi connectivity index (χ3v) is 2.15. The lowest BCUT2D eigenvalue weighted by Gasteiger charge is -2.09. The molecule has 0 radical (unpaired) electrons. The highest BCUT2D eigenvalue weighted by atomic mass is 16.2. The van der Waals surface area contributed by atoms with Gasteiger partial charge in [0.05, 0.1) is 19.0 Å². The second-order valence-electron chi connectivity index (χ2n) is 3.34. The Bertz CT molecular complexity index is 354. The van der Waals surface area contributed by atoms with Crippen molar-refractivity contribution in [2.24, 2.45) is 5.73 Å². The number of likely N-dealkylation sites (tertiary alicyclic amines) is 1. The summed E-state index contributed by atoms with van der Waals surface area (Å²) in [5.74, 6) is -1.35. The van der Waals surface area contributed by atoms with E-state index in [1.807, 2.05) is 5.32 Å². The molecule has 0 aromatic rings. The van der Waals surface area contributed by atoms with Crippen molar-refractivity contribution in [1.29, 1.82) is 0 Å². The highest BCUT2D eigenvalue weighted by Gasteiger charge is 2.35. The van der Waals surface area contributed by atoms with Crippen LogP contribution in [-0.2, 0) is 14.4 Å². The molecule has 8 heteroatoms. The summed E-state index contributed by atoms with van der Waals surface area (Å²) in [5, 5.41) is 4.40. The number of primary amides is 1. The first-order valence-corrected chi connectivity index (χ1v) is 4.55. The van der Waals surface area contributed by atoms with Gasteiger partial charge in [-0.3, -0.25) is 29.9 Å². The molecule has 0 bridgehead atoms. The van der Waals surface area contributed by atoms with Gasteiger partial charge in [0, 0.05) is 7.05 Å². The van der Waals surface area contributed by atoms with Gasteiger partial charge in [0.1, 0.15) is 0 Å². The number of urea groups is 1. The minimum atomic E-state index is -0.960. The molecular formula is C8H12N4O4. The molecule has 5 amide bonds. The van der Waals surface area contributed by atoms with Crippen molar-refractivity contribution in [3.05, 3.63) is 0 Å². The average molecular weight is 228 g/mol. The number of imide groups is 2. The summed E-state index contributed by atoms with van der Waals surface area (Å²) in [6, 6.07) is -1.67. The van der Waals surface area contributed by atoms with Crippen LogP contribution in [0.15, 0.2) is 0 Å². The zero-order chi connectivity index (χ0) is 12.3. The van der Waals surface area contributed by atoms with E-state index >= 15 is 0 Å². The van der Waals surface area contributed by atoms with Gasteiger partial charge >= 0.3 is 6.03 Å². The number of rotatable bonds is 3. The fraction of sp³-hybridized carbons (Fsp3) is 0.500. The Labute approximate surface area is 91.1 Å². The van der Waals surface area contributed by atoms with Crippen LogP contribution in [0.4, 0.5) is 4.79 Å². The van der Waals surface area contributed by atoms with Crippen LogP contribution in [0.5, 0.6) is 0 Å². The van der Waals surface area contributed by atoms with E-state index in [0.29, 0.717) is 0 Å². The van der Waals surface area contributed by atoms with E-state index in [9.17, 15) is 19.2 Å². The van der Waals surface area contributed by atoms with Gasteiger partial charge in [-0.25, -0.2) is 4.79 Å². The molecule has 0 saturated carbocycles. The first kappa shape index (κ1) is 12.1. The van der Waals surface area contributed by atoms with E-state index in [1.165, 1.54) is 7.05 Å². The van der Waals surface area contributed by atoms with Gasteiger partial charge < -0.3 is 5.73 Å². The van der Waals surface area contributed by atoms with Crippen molar-refractivity contribution >= 4 is 23.8 Å². The number of amides is 5. The smallest absolute Gasteiger partial charge is 0.318 e. The third kappa shape index (κ3) is 2.76. The summed E-state index contributed by atoms with van der Waals surface area (Å²) in [5.41, 5.74) is 4.72. The summed E-state index contributed by atoms with van der Waals surface area (Å²) in [6.45, 7) is -0.250. The van der Waals surface area contributed by atoms with E-state index in [-0.39, 0.29) is 18.9 Å². The topological polar surface area (TPSA) is 122 Å². The van der Waals surface area contributed by atoms with Crippen LogP contribution in [0.1, 0.15) is 6.42 Å². The SMILES string of the molecule is CN1C(=O)CC(NCC(=O)NC(N)=O)C1=O. The molecule has 1 aliphatic rings. The number of carbonyl (C=O) groups excluding carboxylic acids is 4. The first-order valence-electron chi connectivity index (χ1n) is 4.55. The van der Waals surface area contributed by atoms with Crippen LogP contribution in [0.2, 0.25) is 0 Å². The van der Waals surface area contributed by atoms with Crippen LogP contribution in [-0.4, -0.2) is 48.3 Å². The molecule has 1 rings (SSSR count). The van der Waals surface area contributed by atoms with Crippen molar-refractivity contribution in [2.45, 2.75) is 12.5 Å². The van der Waals surface area contributed by atoms with Crippen LogP contribution in [0.3, 0.4) is 0 Å². The Morgan fingerprint density at radius 2 is 2.12 bits per heavy atom. The van der Waals surface area contributed by atoms with Crippen LogP contribution >= 0.6 is 0 Å². The molecular weight excluding hydrogens is 216 g/mol. The number of nitrogens with one attached hydrogen (secondary N) is 2. The van der Waals surface area contributed by atoms with Crippen LogP contribution in [0.25, 0.3) is 0 Å². The Morgan fingerprint density at radius 3 is 2.56 bits per heavy atom. The van der Waals surface area contributed by atoms with E-state index < -0.39 is 23.9 Å². The maximum Gasteiger partial charge on any atom is 0.318 e. The summed E-state index contributed by atoms with van der Waals surface area (Å²) >= 11 is 0. The molecule has 0 aromatic heterocycles. The van der Waals surface area contributed by atoms with Crippen molar-refractivity contribution in [1.82, 2.24) is 15.5 Å². The Morgan fingerprint density at radius 1 is 1.50 bits per heavy atom. The van der Waals surface area contributed by atoms with Gasteiger partial charge in [-0.2, -0.15) is 0 Å². The summed E-state index contributed by atoms with van der Waals surface area (Å²) in [7, 11) is 1.37. The van der Waals surface area contributed by atoms with Gasteiger partial charge in [0.15, 0.2) is 0 Å². The summed E-state index contributed by atoms with van der Waals surface area (Å²) < 4.78 is 0. The molecule has 1 heterocycles. The Kier molecular flexibility index (Phi) is 3.56. The minimum Gasteiger partial charge on any atom is -0.351 e. The molecule has 16 heavy (non-hydrogen) atoms. The molecule has 4 N–H and O–H groups in total. The Hall–Kier alpha value is -1.96. The number of nitrogens with two attached hydrogens (primary N) is 1. The van der Waals surface area contributed by atoms with Crippen molar-refractivity contribution in [2.75, 3.05) is 13.6 Å². The molecule has 0 aromatic carbocycles. The monoisotopic (exact) mass is 228 g/mol. The highest BCUT2D eigenvalue weighted by molar-refractivity contribution is 6.05. The third-order valence-electron chi connectivity index (χ3n) is 2.15. The first-order chi connectivity index (χ1) is 7.41. The fourth-order valence-electron chi connectivity index (χ4n) is 1.31. The number of hydrogen-bond donors (Lipinski definition) is 3. The Balaban J connectivity index is 2.39. The number of hydrogen-bond acceptors (Lipinski definition) is 5. The van der Waals surface area contributed by atoms with Crippen molar-refractivity contribution < 1.29 is 19.2 Å². The van der Waals surface area contributed by atoms with Crippen molar-refractivity contribution in [3.8, 4) is 0 Å². The molecule has 8 nitrogen and oxygen atoms in total. The normalized spacial score (nSPS) is 20.1. The van der Waals surface area contributed by atoms with E-state index in [4.69, 9.17) is 5.73 Å². The van der Waals surface area contributed by atoms with Crippen LogP contribution < -0.4 is 16.4 Å². The molecule has 1 unspecified atom stereocenters. The lowest BCUT2D eigenvalue weighted by atomic mass is 10.2. The standard InChI is InChI=1S/C8H12N4O4/c1-12-6(14)2-4(7(12)15)10-3-5(13)11-8(9)16/h4,10H,2-3H2,1H3,(H3,9,11,13,16). The van der Waals surface area contributed by atoms with E-state index in [1.54, 1.807) is 0 Å². The number of likely N-dealkylation sites (N-methyl/N-ethyl adjacent to an activating group) is 1. The zero-order valence-corrected chi connectivity index (χ0v) is 8.65. The van der Waals surface area contributed by atoms with E-state index in [0.717, 1.165) is 4.90 Å². The predicted octanol–water partition coefficient (Wildman–Crippen LogP) is -2.47. The summed E-state index contributed by atoms with van der Waals surface area (Å²) in [6.07, 6.45) is 0.0131. The fourth-order valence-corrected chi connectivity index (χ4v) is 1.31. The van der Waals surface area contributed by atoms with Gasteiger partial charge in [-0.05, 0) is 0 Å². The lowest BCUT2D eigenvalue weighted by molar-refractivity contribution is -0.137. The molecule has 0 aliphatic carbocycles. The number of carbonyl (C=O) groups is 4. The highest BCUT2D eigenvalue weighted by Crippen LogP contribution is 2.09. The molecule has 1 saturated heterocycles. The largest absolute Gasteiger partial charge is 0.351 e. The quantitative estimate of drug-likeness (QED) is 0.462. The zero-order valence-electron chi connectivity index (χ0n) is 8.65. The second-order valence-corrected chi connectivity index (χ2v) is 3.34. The predicted molar refractivity (Wildman–Crippen MR) is 51.9 cm³/mol. The summed E-state index contributed by atoms with van der Waals surface area (Å²) in [4.78, 5) is 44.8. The maximum absolute atomic E-state index is 11.4. The van der Waals surface area contributed by atoms with Gasteiger partial charge in [-0.1, -0.05) is 0 Å². The van der Waals surface area contributed by atoms with Crippen molar-refractivity contribution in [3.63, 3.8) is 0 Å². The minimum absolute atomic E-state index is 0.0131. The van der Waals surface area contributed by atoms with Gasteiger partial charge in [0.25, 0.3) is 0 Å². The molecule has 0 spiro atoms. The number of nitrogens with zero attached hydrogens (tertiary/aromatic N) is 1. The van der Waals surface area contributed by atoms with Gasteiger partial charge in [0.2, 0.25) is 17.7 Å².